The summed E-state index contributed by atoms with van der Waals surface area (Å²) in [6, 6.07) is 9.25. The van der Waals surface area contributed by atoms with Crippen LogP contribution in [0.5, 0.6) is 0 Å². The second-order valence-corrected chi connectivity index (χ2v) is 10.0. The van der Waals surface area contributed by atoms with E-state index in [2.05, 4.69) is 10.0 Å². The van der Waals surface area contributed by atoms with Gasteiger partial charge in [0.1, 0.15) is 18.3 Å². The molecule has 3 heterocycles. The van der Waals surface area contributed by atoms with Crippen molar-refractivity contribution in [3.63, 3.8) is 0 Å². The van der Waals surface area contributed by atoms with Crippen molar-refractivity contribution < 1.29 is 23.7 Å². The zero-order chi connectivity index (χ0) is 26.5. The first kappa shape index (κ1) is 26.1. The Bertz CT molecular complexity index is 1150. The smallest absolute Gasteiger partial charge is 0.269 e. The Balaban J connectivity index is 1.35. The van der Waals surface area contributed by atoms with Crippen molar-refractivity contribution in [3.05, 3.63) is 64.1 Å². The molecule has 2 fully saturated rings. The summed E-state index contributed by atoms with van der Waals surface area (Å²) in [6.07, 6.45) is 5.76. The van der Waals surface area contributed by atoms with Crippen molar-refractivity contribution in [2.75, 3.05) is 45.9 Å². The average Bonchev–Trinajstić information content (AvgIpc) is 3.73. The molecule has 0 radical (unpaired) electrons. The van der Waals surface area contributed by atoms with E-state index in [9.17, 15) is 19.7 Å². The van der Waals surface area contributed by atoms with Gasteiger partial charge >= 0.3 is 0 Å². The minimum Gasteiger partial charge on any atom is -0.467 e. The number of rotatable bonds is 9. The molecule has 2 aliphatic heterocycles. The van der Waals surface area contributed by atoms with Crippen molar-refractivity contribution in [2.45, 2.75) is 38.1 Å². The lowest BCUT2D eigenvalue weighted by Crippen LogP contribution is -2.47. The van der Waals surface area contributed by atoms with Crippen LogP contribution in [0.25, 0.3) is 0 Å². The lowest BCUT2D eigenvalue weighted by molar-refractivity contribution is -0.384. The van der Waals surface area contributed by atoms with E-state index in [4.69, 9.17) is 9.15 Å². The summed E-state index contributed by atoms with van der Waals surface area (Å²) in [5, 5.41) is 17.1. The number of hydrogen-bond donors (Lipinski definition) is 0. The number of furan rings is 1. The largest absolute Gasteiger partial charge is 0.467 e. The molecular formula is C27H33N5O6. The molecular weight excluding hydrogens is 490 g/mol. The maximum atomic E-state index is 13.7. The van der Waals surface area contributed by atoms with Crippen LogP contribution < -0.4 is 0 Å². The Kier molecular flexibility index (Phi) is 8.14. The van der Waals surface area contributed by atoms with Gasteiger partial charge in [-0.05, 0) is 42.7 Å². The van der Waals surface area contributed by atoms with Gasteiger partial charge in [0.15, 0.2) is 0 Å². The van der Waals surface area contributed by atoms with E-state index in [0.717, 1.165) is 38.8 Å². The van der Waals surface area contributed by atoms with Gasteiger partial charge in [0, 0.05) is 50.7 Å². The number of amides is 2. The molecule has 1 aromatic heterocycles. The maximum Gasteiger partial charge on any atom is 0.269 e. The molecule has 38 heavy (non-hydrogen) atoms. The van der Waals surface area contributed by atoms with E-state index in [1.54, 1.807) is 35.4 Å². The molecule has 0 bridgehead atoms. The molecule has 5 rings (SSSR count). The fourth-order valence-electron chi connectivity index (χ4n) is 5.41. The van der Waals surface area contributed by atoms with Crippen molar-refractivity contribution in [2.24, 2.45) is 11.0 Å². The van der Waals surface area contributed by atoms with Crippen LogP contribution in [0.15, 0.2) is 52.2 Å². The van der Waals surface area contributed by atoms with Crippen molar-refractivity contribution in [1.29, 1.82) is 0 Å². The van der Waals surface area contributed by atoms with E-state index in [0.29, 0.717) is 49.8 Å². The summed E-state index contributed by atoms with van der Waals surface area (Å²) < 4.78 is 11.1. The van der Waals surface area contributed by atoms with Crippen LogP contribution in [-0.2, 0) is 14.3 Å². The quantitative estimate of drug-likeness (QED) is 0.365. The third-order valence-corrected chi connectivity index (χ3v) is 7.58. The van der Waals surface area contributed by atoms with Crippen LogP contribution in [0.4, 0.5) is 5.69 Å². The maximum absolute atomic E-state index is 13.7. The molecule has 11 heteroatoms. The Morgan fingerprint density at radius 2 is 1.84 bits per heavy atom. The second kappa shape index (κ2) is 11.9. The normalized spacial score (nSPS) is 20.5. The molecule has 1 saturated carbocycles. The Hall–Kier alpha value is -3.57. The number of morpholine rings is 1. The SMILES string of the molecule is O=C(C1CCCC1)N(CCN1CCOCC1)CC(=O)N1N=C(c2ccc([N+](=O)[O-])cc2)CC1c1ccco1. The van der Waals surface area contributed by atoms with Crippen molar-refractivity contribution in [1.82, 2.24) is 14.8 Å². The summed E-state index contributed by atoms with van der Waals surface area (Å²) in [4.78, 5) is 41.7. The van der Waals surface area contributed by atoms with Gasteiger partial charge in [0.25, 0.3) is 11.6 Å². The van der Waals surface area contributed by atoms with Crippen LogP contribution in [0, 0.1) is 16.0 Å². The Morgan fingerprint density at radius 3 is 2.50 bits per heavy atom. The first-order valence-electron chi connectivity index (χ1n) is 13.3. The van der Waals surface area contributed by atoms with E-state index in [1.807, 2.05) is 0 Å². The molecule has 3 aliphatic rings. The average molecular weight is 524 g/mol. The zero-order valence-corrected chi connectivity index (χ0v) is 21.4. The highest BCUT2D eigenvalue weighted by molar-refractivity contribution is 6.03. The van der Waals surface area contributed by atoms with Crippen molar-refractivity contribution in [3.8, 4) is 0 Å². The predicted molar refractivity (Wildman–Crippen MR) is 138 cm³/mol. The number of non-ortho nitro benzene ring substituents is 1. The van der Waals surface area contributed by atoms with E-state index in [1.165, 1.54) is 17.1 Å². The van der Waals surface area contributed by atoms with Crippen molar-refractivity contribution >= 4 is 23.2 Å². The summed E-state index contributed by atoms with van der Waals surface area (Å²) in [5.74, 6) is 0.321. The summed E-state index contributed by atoms with van der Waals surface area (Å²) in [7, 11) is 0. The number of nitrogens with zero attached hydrogens (tertiary/aromatic N) is 5. The third kappa shape index (κ3) is 5.94. The monoisotopic (exact) mass is 523 g/mol. The molecule has 0 N–H and O–H groups in total. The number of carbonyl (C=O) groups is 2. The van der Waals surface area contributed by atoms with Gasteiger partial charge in [0.05, 0.1) is 30.1 Å². The molecule has 11 nitrogen and oxygen atoms in total. The molecule has 202 valence electrons. The van der Waals surface area contributed by atoms with Gasteiger partial charge in [0.2, 0.25) is 5.91 Å². The van der Waals surface area contributed by atoms with Gasteiger partial charge in [-0.3, -0.25) is 24.6 Å². The molecule has 2 amide bonds. The molecule has 2 aromatic rings. The Morgan fingerprint density at radius 1 is 1.11 bits per heavy atom. The van der Waals surface area contributed by atoms with Gasteiger partial charge < -0.3 is 14.1 Å². The first-order valence-corrected chi connectivity index (χ1v) is 13.3. The van der Waals surface area contributed by atoms with E-state index >= 15 is 0 Å². The lowest BCUT2D eigenvalue weighted by Gasteiger charge is -2.32. The fourth-order valence-corrected chi connectivity index (χ4v) is 5.41. The lowest BCUT2D eigenvalue weighted by atomic mass is 10.0. The van der Waals surface area contributed by atoms with Crippen LogP contribution >= 0.6 is 0 Å². The van der Waals surface area contributed by atoms with Crippen LogP contribution in [-0.4, -0.2) is 83.2 Å². The number of hydrazone groups is 1. The predicted octanol–water partition coefficient (Wildman–Crippen LogP) is 3.22. The fraction of sp³-hybridized carbons (Fsp3) is 0.519. The second-order valence-electron chi connectivity index (χ2n) is 10.0. The standard InChI is InChI=1S/C27H33N5O6/c33-26(19-30(27(34)21-4-1-2-5-21)12-11-29-13-16-37-17-14-29)31-24(25-6-3-15-38-25)18-23(28-31)20-7-9-22(10-8-20)32(35)36/h3,6-10,15,21,24H,1-2,4-5,11-14,16-19H2. The first-order chi connectivity index (χ1) is 18.5. The minimum atomic E-state index is -0.453. The summed E-state index contributed by atoms with van der Waals surface area (Å²) in [6.45, 7) is 4.08. The number of nitro benzene ring substituents is 1. The Labute approximate surface area is 221 Å². The van der Waals surface area contributed by atoms with Crippen LogP contribution in [0.3, 0.4) is 0 Å². The minimum absolute atomic E-state index is 0.0100. The topological polar surface area (TPSA) is 122 Å². The molecule has 1 aromatic carbocycles. The highest BCUT2D eigenvalue weighted by Crippen LogP contribution is 2.34. The number of benzene rings is 1. The van der Waals surface area contributed by atoms with Gasteiger partial charge in [-0.2, -0.15) is 5.10 Å². The van der Waals surface area contributed by atoms with E-state index in [-0.39, 0.29) is 30.0 Å². The third-order valence-electron chi connectivity index (χ3n) is 7.58. The zero-order valence-electron chi connectivity index (χ0n) is 21.4. The van der Waals surface area contributed by atoms with Gasteiger partial charge in [-0.25, -0.2) is 5.01 Å². The summed E-state index contributed by atoms with van der Waals surface area (Å²) >= 11 is 0. The number of nitro groups is 1. The van der Waals surface area contributed by atoms with Gasteiger partial charge in [-0.15, -0.1) is 0 Å². The van der Waals surface area contributed by atoms with E-state index < -0.39 is 11.0 Å². The number of hydrogen-bond acceptors (Lipinski definition) is 8. The number of carbonyl (C=O) groups excluding carboxylic acids is 2. The molecule has 1 saturated heterocycles. The molecule has 1 atom stereocenters. The molecule has 1 aliphatic carbocycles. The summed E-state index contributed by atoms with van der Waals surface area (Å²) in [5.41, 5.74) is 1.33. The van der Waals surface area contributed by atoms with Gasteiger partial charge in [-0.1, -0.05) is 12.8 Å². The van der Waals surface area contributed by atoms with Crippen LogP contribution in [0.1, 0.15) is 49.5 Å². The highest BCUT2D eigenvalue weighted by atomic mass is 16.6. The molecule has 1 unspecified atom stereocenters. The highest BCUT2D eigenvalue weighted by Gasteiger charge is 2.37. The number of ether oxygens (including phenoxy) is 1. The van der Waals surface area contributed by atoms with Crippen LogP contribution in [0.2, 0.25) is 0 Å². The molecule has 0 spiro atoms.